The first-order valence-electron chi connectivity index (χ1n) is 8.31. The van der Waals surface area contributed by atoms with Crippen LogP contribution in [0.3, 0.4) is 0 Å². The number of ether oxygens (including phenoxy) is 1. The van der Waals surface area contributed by atoms with Crippen molar-refractivity contribution in [1.82, 2.24) is 19.8 Å². The van der Waals surface area contributed by atoms with Gasteiger partial charge in [-0.25, -0.2) is 4.98 Å². The van der Waals surface area contributed by atoms with Crippen molar-refractivity contribution < 1.29 is 4.74 Å². The number of aryl methyl sites for hydroxylation is 1. The van der Waals surface area contributed by atoms with E-state index in [2.05, 4.69) is 58.9 Å². The summed E-state index contributed by atoms with van der Waals surface area (Å²) in [4.78, 5) is 7.04. The van der Waals surface area contributed by atoms with Crippen LogP contribution in [0.5, 0.6) is 5.75 Å². The molecule has 1 aromatic carbocycles. The molecule has 0 radical (unpaired) electrons. The largest absolute Gasteiger partial charge is 0.491 e. The molecule has 0 aliphatic carbocycles. The van der Waals surface area contributed by atoms with E-state index in [0.717, 1.165) is 37.8 Å². The molecule has 1 N–H and O–H groups in total. The van der Waals surface area contributed by atoms with E-state index in [1.54, 1.807) is 0 Å². The first-order valence-corrected chi connectivity index (χ1v) is 8.31. The van der Waals surface area contributed by atoms with E-state index in [1.165, 1.54) is 5.56 Å². The fourth-order valence-corrected chi connectivity index (χ4v) is 3.11. The Morgan fingerprint density at radius 2 is 2.21 bits per heavy atom. The van der Waals surface area contributed by atoms with Crippen LogP contribution in [0.1, 0.15) is 31.3 Å². The second kappa shape index (κ2) is 8.51. The van der Waals surface area contributed by atoms with Crippen LogP contribution in [0.4, 0.5) is 0 Å². The predicted octanol–water partition coefficient (Wildman–Crippen LogP) is 2.78. The SMILES string of the molecule is CC(C)Oc1cccc(CN2CCNCC2c2nccn2C)c1.Cl. The third-order valence-corrected chi connectivity index (χ3v) is 4.17. The van der Waals surface area contributed by atoms with Gasteiger partial charge in [-0.1, -0.05) is 12.1 Å². The van der Waals surface area contributed by atoms with Gasteiger partial charge in [0, 0.05) is 45.6 Å². The zero-order chi connectivity index (χ0) is 16.2. The lowest BCUT2D eigenvalue weighted by atomic mass is 10.1. The predicted molar refractivity (Wildman–Crippen MR) is 98.7 cm³/mol. The number of rotatable bonds is 5. The van der Waals surface area contributed by atoms with Crippen LogP contribution >= 0.6 is 12.4 Å². The van der Waals surface area contributed by atoms with E-state index in [0.29, 0.717) is 6.04 Å². The van der Waals surface area contributed by atoms with Gasteiger partial charge in [0.15, 0.2) is 0 Å². The molecule has 3 rings (SSSR count). The first kappa shape index (κ1) is 18.8. The minimum atomic E-state index is 0. The molecule has 5 nitrogen and oxygen atoms in total. The summed E-state index contributed by atoms with van der Waals surface area (Å²) in [6, 6.07) is 8.73. The molecular formula is C18H27ClN4O. The van der Waals surface area contributed by atoms with Gasteiger partial charge in [0.1, 0.15) is 11.6 Å². The van der Waals surface area contributed by atoms with E-state index >= 15 is 0 Å². The average Bonchev–Trinajstić information content (AvgIpc) is 2.93. The number of nitrogens with zero attached hydrogens (tertiary/aromatic N) is 3. The maximum Gasteiger partial charge on any atom is 0.127 e. The third-order valence-electron chi connectivity index (χ3n) is 4.17. The van der Waals surface area contributed by atoms with Crippen LogP contribution in [0.25, 0.3) is 0 Å². The van der Waals surface area contributed by atoms with Gasteiger partial charge in [0.2, 0.25) is 0 Å². The number of halogens is 1. The highest BCUT2D eigenvalue weighted by atomic mass is 35.5. The lowest BCUT2D eigenvalue weighted by Crippen LogP contribution is -2.46. The number of aromatic nitrogens is 2. The molecule has 0 bridgehead atoms. The van der Waals surface area contributed by atoms with E-state index < -0.39 is 0 Å². The number of nitrogens with one attached hydrogen (secondary N) is 1. The number of hydrogen-bond acceptors (Lipinski definition) is 4. The Hall–Kier alpha value is -1.56. The molecule has 2 aromatic rings. The summed E-state index contributed by atoms with van der Waals surface area (Å²) in [5.74, 6) is 2.06. The molecule has 132 valence electrons. The molecule has 1 aliphatic rings. The fraction of sp³-hybridized carbons (Fsp3) is 0.500. The number of imidazole rings is 1. The Bertz CT molecular complexity index is 643. The van der Waals surface area contributed by atoms with E-state index in [-0.39, 0.29) is 18.5 Å². The van der Waals surface area contributed by atoms with Crippen LogP contribution in [0.2, 0.25) is 0 Å². The maximum absolute atomic E-state index is 5.81. The van der Waals surface area contributed by atoms with Crippen LogP contribution in [0.15, 0.2) is 36.7 Å². The summed E-state index contributed by atoms with van der Waals surface area (Å²) in [5.41, 5.74) is 1.28. The topological polar surface area (TPSA) is 42.3 Å². The normalized spacial score (nSPS) is 18.4. The average molecular weight is 351 g/mol. The molecular weight excluding hydrogens is 324 g/mol. The number of hydrogen-bond donors (Lipinski definition) is 1. The molecule has 1 saturated heterocycles. The molecule has 0 saturated carbocycles. The fourth-order valence-electron chi connectivity index (χ4n) is 3.11. The Labute approximate surface area is 150 Å². The smallest absolute Gasteiger partial charge is 0.127 e. The molecule has 0 amide bonds. The summed E-state index contributed by atoms with van der Waals surface area (Å²) >= 11 is 0. The van der Waals surface area contributed by atoms with Crippen molar-refractivity contribution in [2.45, 2.75) is 32.5 Å². The summed E-state index contributed by atoms with van der Waals surface area (Å²) in [7, 11) is 2.06. The minimum absolute atomic E-state index is 0. The molecule has 6 heteroatoms. The maximum atomic E-state index is 5.81. The zero-order valence-corrected chi connectivity index (χ0v) is 15.4. The standard InChI is InChI=1S/C18H26N4O.ClH/c1-14(2)23-16-6-4-5-15(11-16)13-22-10-7-19-12-17(22)18-20-8-9-21(18)3;/h4-6,8-9,11,14,17,19H,7,10,12-13H2,1-3H3;1H. The summed E-state index contributed by atoms with van der Waals surface area (Å²) in [6.45, 7) is 8.00. The molecule has 1 aromatic heterocycles. The van der Waals surface area contributed by atoms with Crippen molar-refractivity contribution >= 4 is 12.4 Å². The Morgan fingerprint density at radius 1 is 1.38 bits per heavy atom. The summed E-state index contributed by atoms with van der Waals surface area (Å²) in [5, 5.41) is 3.48. The molecule has 1 unspecified atom stereocenters. The zero-order valence-electron chi connectivity index (χ0n) is 14.6. The second-order valence-corrected chi connectivity index (χ2v) is 6.40. The Balaban J connectivity index is 0.00000208. The Kier molecular flexibility index (Phi) is 6.66. The lowest BCUT2D eigenvalue weighted by molar-refractivity contribution is 0.144. The molecule has 1 aliphatic heterocycles. The lowest BCUT2D eigenvalue weighted by Gasteiger charge is -2.35. The van der Waals surface area contributed by atoms with Gasteiger partial charge in [-0.05, 0) is 31.5 Å². The van der Waals surface area contributed by atoms with Gasteiger partial charge in [-0.3, -0.25) is 4.90 Å². The van der Waals surface area contributed by atoms with E-state index in [4.69, 9.17) is 4.74 Å². The van der Waals surface area contributed by atoms with Crippen molar-refractivity contribution in [3.8, 4) is 5.75 Å². The highest BCUT2D eigenvalue weighted by molar-refractivity contribution is 5.85. The highest BCUT2D eigenvalue weighted by Gasteiger charge is 2.26. The van der Waals surface area contributed by atoms with Crippen molar-refractivity contribution in [3.05, 3.63) is 48.0 Å². The molecule has 2 heterocycles. The molecule has 24 heavy (non-hydrogen) atoms. The van der Waals surface area contributed by atoms with E-state index in [1.807, 2.05) is 18.5 Å². The number of piperazine rings is 1. The van der Waals surface area contributed by atoms with Gasteiger partial charge in [-0.15, -0.1) is 12.4 Å². The number of benzene rings is 1. The molecule has 1 atom stereocenters. The van der Waals surface area contributed by atoms with Crippen LogP contribution < -0.4 is 10.1 Å². The summed E-state index contributed by atoms with van der Waals surface area (Å²) in [6.07, 6.45) is 4.09. The Morgan fingerprint density at radius 3 is 2.92 bits per heavy atom. The van der Waals surface area contributed by atoms with Crippen molar-refractivity contribution in [2.75, 3.05) is 19.6 Å². The van der Waals surface area contributed by atoms with Gasteiger partial charge in [0.25, 0.3) is 0 Å². The van der Waals surface area contributed by atoms with Crippen LogP contribution in [0, 0.1) is 0 Å². The van der Waals surface area contributed by atoms with E-state index in [9.17, 15) is 0 Å². The monoisotopic (exact) mass is 350 g/mol. The van der Waals surface area contributed by atoms with Gasteiger partial charge >= 0.3 is 0 Å². The van der Waals surface area contributed by atoms with Gasteiger partial charge in [0.05, 0.1) is 12.1 Å². The van der Waals surface area contributed by atoms with Gasteiger partial charge < -0.3 is 14.6 Å². The van der Waals surface area contributed by atoms with Crippen molar-refractivity contribution in [1.29, 1.82) is 0 Å². The first-order chi connectivity index (χ1) is 11.1. The van der Waals surface area contributed by atoms with Crippen LogP contribution in [-0.2, 0) is 13.6 Å². The van der Waals surface area contributed by atoms with Crippen LogP contribution in [-0.4, -0.2) is 40.2 Å². The summed E-state index contributed by atoms with van der Waals surface area (Å²) < 4.78 is 7.93. The minimum Gasteiger partial charge on any atom is -0.491 e. The second-order valence-electron chi connectivity index (χ2n) is 6.40. The van der Waals surface area contributed by atoms with Gasteiger partial charge in [-0.2, -0.15) is 0 Å². The quantitative estimate of drug-likeness (QED) is 0.900. The third kappa shape index (κ3) is 4.50. The van der Waals surface area contributed by atoms with Crippen molar-refractivity contribution in [2.24, 2.45) is 7.05 Å². The van der Waals surface area contributed by atoms with Crippen molar-refractivity contribution in [3.63, 3.8) is 0 Å². The molecule has 0 spiro atoms. The molecule has 1 fully saturated rings. The highest BCUT2D eigenvalue weighted by Crippen LogP contribution is 2.24.